The summed E-state index contributed by atoms with van der Waals surface area (Å²) >= 11 is 0. The van der Waals surface area contributed by atoms with Crippen LogP contribution in [0.4, 0.5) is 4.39 Å². The van der Waals surface area contributed by atoms with Gasteiger partial charge in [0.05, 0.1) is 18.3 Å². The second kappa shape index (κ2) is 7.97. The molecule has 0 aliphatic rings. The highest BCUT2D eigenvalue weighted by Crippen LogP contribution is 2.20. The zero-order chi connectivity index (χ0) is 18.5. The van der Waals surface area contributed by atoms with Crippen LogP contribution in [0.2, 0.25) is 0 Å². The zero-order valence-corrected chi connectivity index (χ0v) is 14.4. The number of aliphatic hydroxyl groups excluding tert-OH is 1. The predicted molar refractivity (Wildman–Crippen MR) is 97.6 cm³/mol. The van der Waals surface area contributed by atoms with Crippen LogP contribution in [-0.4, -0.2) is 9.67 Å². The first-order chi connectivity index (χ1) is 12.5. The van der Waals surface area contributed by atoms with Gasteiger partial charge in [-0.1, -0.05) is 42.5 Å². The van der Waals surface area contributed by atoms with E-state index >= 15 is 0 Å². The van der Waals surface area contributed by atoms with Crippen molar-refractivity contribution < 1.29 is 14.2 Å². The van der Waals surface area contributed by atoms with Crippen molar-refractivity contribution in [3.8, 4) is 5.75 Å². The van der Waals surface area contributed by atoms with Crippen LogP contribution in [0.3, 0.4) is 0 Å². The molecule has 0 amide bonds. The topological polar surface area (TPSA) is 51.5 Å². The van der Waals surface area contributed by atoms with E-state index in [1.54, 1.807) is 29.8 Å². The maximum Gasteiger partial charge on any atom is 0.223 e. The molecule has 2 aromatic carbocycles. The SMILES string of the molecule is Cc1c(OCc2ccccc2)c(=O)ccn1C[C@@H](O)c1cccc(F)c1. The Kier molecular flexibility index (Phi) is 5.49. The molecule has 5 heteroatoms. The van der Waals surface area contributed by atoms with Crippen LogP contribution in [0.5, 0.6) is 5.75 Å². The van der Waals surface area contributed by atoms with E-state index in [4.69, 9.17) is 4.74 Å². The van der Waals surface area contributed by atoms with Gasteiger partial charge in [-0.25, -0.2) is 4.39 Å². The van der Waals surface area contributed by atoms with Gasteiger partial charge in [-0.15, -0.1) is 0 Å². The number of hydrogen-bond donors (Lipinski definition) is 1. The Morgan fingerprint density at radius 1 is 1.12 bits per heavy atom. The maximum atomic E-state index is 13.3. The van der Waals surface area contributed by atoms with Gasteiger partial charge < -0.3 is 14.4 Å². The average molecular weight is 353 g/mol. The molecule has 3 rings (SSSR count). The fraction of sp³-hybridized carbons (Fsp3) is 0.190. The van der Waals surface area contributed by atoms with E-state index in [9.17, 15) is 14.3 Å². The lowest BCUT2D eigenvalue weighted by molar-refractivity contribution is 0.154. The number of pyridine rings is 1. The Morgan fingerprint density at radius 3 is 2.62 bits per heavy atom. The van der Waals surface area contributed by atoms with Gasteiger partial charge in [-0.2, -0.15) is 0 Å². The van der Waals surface area contributed by atoms with E-state index in [2.05, 4.69) is 0 Å². The first-order valence-corrected chi connectivity index (χ1v) is 8.35. The van der Waals surface area contributed by atoms with Gasteiger partial charge in [0.25, 0.3) is 0 Å². The molecule has 134 valence electrons. The molecule has 0 bridgehead atoms. The second-order valence-electron chi connectivity index (χ2n) is 6.09. The lowest BCUT2D eigenvalue weighted by Crippen LogP contribution is -2.17. The Morgan fingerprint density at radius 2 is 1.88 bits per heavy atom. The molecule has 1 aromatic heterocycles. The predicted octanol–water partition coefficient (Wildman–Crippen LogP) is 3.61. The van der Waals surface area contributed by atoms with E-state index < -0.39 is 11.9 Å². The normalized spacial score (nSPS) is 12.0. The van der Waals surface area contributed by atoms with Gasteiger partial charge in [0.15, 0.2) is 5.75 Å². The highest BCUT2D eigenvalue weighted by Gasteiger charge is 2.14. The van der Waals surface area contributed by atoms with Crippen molar-refractivity contribution in [3.05, 3.63) is 99.7 Å². The summed E-state index contributed by atoms with van der Waals surface area (Å²) < 4.78 is 20.8. The Hall–Kier alpha value is -2.92. The van der Waals surface area contributed by atoms with Gasteiger partial charge >= 0.3 is 0 Å². The third kappa shape index (κ3) is 4.18. The summed E-state index contributed by atoms with van der Waals surface area (Å²) in [5.41, 5.74) is 1.84. The molecule has 0 aliphatic heterocycles. The Labute approximate surface area is 151 Å². The Balaban J connectivity index is 1.79. The van der Waals surface area contributed by atoms with Crippen LogP contribution in [0.25, 0.3) is 0 Å². The van der Waals surface area contributed by atoms with E-state index in [1.165, 1.54) is 18.2 Å². The van der Waals surface area contributed by atoms with Crippen molar-refractivity contribution >= 4 is 0 Å². The fourth-order valence-electron chi connectivity index (χ4n) is 2.76. The van der Waals surface area contributed by atoms with E-state index in [1.807, 2.05) is 30.3 Å². The molecule has 4 nitrogen and oxygen atoms in total. The molecule has 1 N–H and O–H groups in total. The minimum atomic E-state index is -0.895. The number of ether oxygens (including phenoxy) is 1. The lowest BCUT2D eigenvalue weighted by Gasteiger charge is -2.18. The van der Waals surface area contributed by atoms with Gasteiger partial charge in [0.2, 0.25) is 5.43 Å². The summed E-state index contributed by atoms with van der Waals surface area (Å²) in [6.45, 7) is 2.24. The first kappa shape index (κ1) is 17.9. The average Bonchev–Trinajstić information content (AvgIpc) is 2.65. The van der Waals surface area contributed by atoms with Gasteiger partial charge in [-0.3, -0.25) is 4.79 Å². The van der Waals surface area contributed by atoms with Gasteiger partial charge in [0.1, 0.15) is 12.4 Å². The standard InChI is InChI=1S/C21H20FNO3/c1-15-21(26-14-16-6-3-2-4-7-16)19(24)10-11-23(15)13-20(25)17-8-5-9-18(22)12-17/h2-12,20,25H,13-14H2,1H3/t20-/m1/s1. The van der Waals surface area contributed by atoms with E-state index in [0.29, 0.717) is 11.3 Å². The summed E-state index contributed by atoms with van der Waals surface area (Å²) in [5, 5.41) is 10.4. The molecule has 0 saturated carbocycles. The zero-order valence-electron chi connectivity index (χ0n) is 14.4. The molecule has 0 spiro atoms. The molecule has 0 aliphatic carbocycles. The number of benzene rings is 2. The summed E-state index contributed by atoms with van der Waals surface area (Å²) in [5.74, 6) is -0.146. The van der Waals surface area contributed by atoms with Crippen LogP contribution in [0, 0.1) is 12.7 Å². The van der Waals surface area contributed by atoms with Crippen LogP contribution in [-0.2, 0) is 13.2 Å². The quantitative estimate of drug-likeness (QED) is 0.737. The smallest absolute Gasteiger partial charge is 0.223 e. The van der Waals surface area contributed by atoms with Crippen LogP contribution >= 0.6 is 0 Å². The summed E-state index contributed by atoms with van der Waals surface area (Å²) in [4.78, 5) is 12.2. The number of halogens is 1. The van der Waals surface area contributed by atoms with Gasteiger partial charge in [-0.05, 0) is 30.2 Å². The van der Waals surface area contributed by atoms with Gasteiger partial charge in [0, 0.05) is 12.3 Å². The number of aromatic nitrogens is 1. The third-order valence-electron chi connectivity index (χ3n) is 4.22. The van der Waals surface area contributed by atoms with Crippen molar-refractivity contribution in [3.63, 3.8) is 0 Å². The molecule has 3 aromatic rings. The lowest BCUT2D eigenvalue weighted by atomic mass is 10.1. The number of aliphatic hydroxyl groups is 1. The highest BCUT2D eigenvalue weighted by molar-refractivity contribution is 5.28. The summed E-state index contributed by atoms with van der Waals surface area (Å²) in [6, 6.07) is 16.8. The van der Waals surface area contributed by atoms with Crippen LogP contribution < -0.4 is 10.2 Å². The Bertz CT molecular complexity index is 937. The molecule has 0 radical (unpaired) electrons. The minimum Gasteiger partial charge on any atom is -0.483 e. The minimum absolute atomic E-state index is 0.192. The van der Waals surface area contributed by atoms with Crippen molar-refractivity contribution in [1.29, 1.82) is 0 Å². The molecular weight excluding hydrogens is 333 g/mol. The highest BCUT2D eigenvalue weighted by atomic mass is 19.1. The van der Waals surface area contributed by atoms with Crippen molar-refractivity contribution in [1.82, 2.24) is 4.57 Å². The largest absolute Gasteiger partial charge is 0.483 e. The first-order valence-electron chi connectivity index (χ1n) is 8.35. The maximum absolute atomic E-state index is 13.3. The summed E-state index contributed by atoms with van der Waals surface area (Å²) in [6.07, 6.45) is 0.712. The van der Waals surface area contributed by atoms with Crippen molar-refractivity contribution in [2.24, 2.45) is 0 Å². The molecule has 1 heterocycles. The molecule has 1 atom stereocenters. The van der Waals surface area contributed by atoms with E-state index in [0.717, 1.165) is 5.56 Å². The van der Waals surface area contributed by atoms with Crippen molar-refractivity contribution in [2.75, 3.05) is 0 Å². The monoisotopic (exact) mass is 353 g/mol. The number of hydrogen-bond acceptors (Lipinski definition) is 3. The number of rotatable bonds is 6. The number of nitrogens with zero attached hydrogens (tertiary/aromatic N) is 1. The third-order valence-corrected chi connectivity index (χ3v) is 4.22. The summed E-state index contributed by atoms with van der Waals surface area (Å²) in [7, 11) is 0. The van der Waals surface area contributed by atoms with Crippen LogP contribution in [0.1, 0.15) is 22.9 Å². The fourth-order valence-corrected chi connectivity index (χ4v) is 2.76. The molecular formula is C21H20FNO3. The van der Waals surface area contributed by atoms with E-state index in [-0.39, 0.29) is 24.3 Å². The second-order valence-corrected chi connectivity index (χ2v) is 6.09. The van der Waals surface area contributed by atoms with Crippen molar-refractivity contribution in [2.45, 2.75) is 26.2 Å². The van der Waals surface area contributed by atoms with Crippen LogP contribution in [0.15, 0.2) is 71.7 Å². The molecule has 0 unspecified atom stereocenters. The molecule has 0 saturated heterocycles. The molecule has 26 heavy (non-hydrogen) atoms. The molecule has 0 fully saturated rings.